The molecule has 0 saturated heterocycles. The lowest BCUT2D eigenvalue weighted by Gasteiger charge is -2.06. The summed E-state index contributed by atoms with van der Waals surface area (Å²) in [6.07, 6.45) is -8.84. The van der Waals surface area contributed by atoms with E-state index in [1.807, 2.05) is 0 Å². The van der Waals surface area contributed by atoms with E-state index >= 15 is 0 Å². The van der Waals surface area contributed by atoms with Gasteiger partial charge in [0.25, 0.3) is 0 Å². The van der Waals surface area contributed by atoms with E-state index in [2.05, 4.69) is 30.4 Å². The minimum absolute atomic E-state index is 0.00676. The largest absolute Gasteiger partial charge is 0.416 e. The van der Waals surface area contributed by atoms with Crippen molar-refractivity contribution in [3.8, 4) is 0 Å². The molecule has 13 heteroatoms. The maximum absolute atomic E-state index is 12.6. The molecule has 0 amide bonds. The van der Waals surface area contributed by atoms with Gasteiger partial charge in [-0.25, -0.2) is 0 Å². The van der Waals surface area contributed by atoms with Crippen molar-refractivity contribution in [1.29, 1.82) is 0 Å². The third kappa shape index (κ3) is 7.05. The Kier molecular flexibility index (Phi) is 6.99. The summed E-state index contributed by atoms with van der Waals surface area (Å²) in [6.45, 7) is 0.0135. The number of azo groups is 2. The Labute approximate surface area is 183 Å². The van der Waals surface area contributed by atoms with Gasteiger partial charge in [0.2, 0.25) is 5.95 Å². The summed E-state index contributed by atoms with van der Waals surface area (Å²) < 4.78 is 75.5. The highest BCUT2D eigenvalue weighted by Crippen LogP contribution is 2.30. The first-order valence-electron chi connectivity index (χ1n) is 9.22. The molecular formula is C20H15F6N7. The molecule has 1 heterocycles. The number of benzene rings is 2. The van der Waals surface area contributed by atoms with Crippen LogP contribution in [-0.2, 0) is 25.4 Å². The van der Waals surface area contributed by atoms with Crippen molar-refractivity contribution in [2.75, 3.05) is 5.73 Å². The number of nitrogens with zero attached hydrogens (tertiary/aromatic N) is 6. The van der Waals surface area contributed by atoms with Crippen LogP contribution < -0.4 is 5.73 Å². The molecule has 0 saturated carbocycles. The zero-order valence-corrected chi connectivity index (χ0v) is 16.6. The highest BCUT2D eigenvalue weighted by atomic mass is 19.4. The summed E-state index contributed by atoms with van der Waals surface area (Å²) >= 11 is 0. The number of nitrogen functional groups attached to an aromatic ring is 1. The summed E-state index contributed by atoms with van der Waals surface area (Å²) in [5.41, 5.74) is 5.08. The van der Waals surface area contributed by atoms with Crippen LogP contribution in [0.25, 0.3) is 0 Å². The van der Waals surface area contributed by atoms with Crippen LogP contribution in [0.1, 0.15) is 22.3 Å². The summed E-state index contributed by atoms with van der Waals surface area (Å²) in [5, 5.41) is 15.5. The van der Waals surface area contributed by atoms with Crippen molar-refractivity contribution in [3.05, 3.63) is 76.9 Å². The van der Waals surface area contributed by atoms with Crippen LogP contribution in [0.3, 0.4) is 0 Å². The van der Waals surface area contributed by atoms with Crippen molar-refractivity contribution in [1.82, 2.24) is 9.97 Å². The number of aromatic nitrogens is 2. The van der Waals surface area contributed by atoms with Crippen molar-refractivity contribution in [3.63, 3.8) is 0 Å². The summed E-state index contributed by atoms with van der Waals surface area (Å²) in [6, 6.07) is 10.3. The van der Waals surface area contributed by atoms with Gasteiger partial charge in [0.05, 0.1) is 24.2 Å². The standard InChI is InChI=1S/C20H15F6N7/c21-19(22,23)14-5-1-12(2-6-14)10-28-32-16-9-17(31-18(27)30-16)33-29-11-13-3-7-15(8-4-13)20(24,25)26/h1-9H,10-11H2,(H2,27,30,31). The topological polar surface area (TPSA) is 101 Å². The Hall–Kier alpha value is -3.90. The van der Waals surface area contributed by atoms with Gasteiger partial charge in [-0.1, -0.05) is 24.3 Å². The normalized spacial score (nSPS) is 12.7. The van der Waals surface area contributed by atoms with Crippen LogP contribution in [0.4, 0.5) is 43.9 Å². The summed E-state index contributed by atoms with van der Waals surface area (Å²) in [7, 11) is 0. The van der Waals surface area contributed by atoms with E-state index in [9.17, 15) is 26.3 Å². The second kappa shape index (κ2) is 9.71. The third-order valence-electron chi connectivity index (χ3n) is 4.13. The molecule has 0 bridgehead atoms. The van der Waals surface area contributed by atoms with Gasteiger partial charge in [-0.05, 0) is 35.4 Å². The van der Waals surface area contributed by atoms with Gasteiger partial charge in [0.15, 0.2) is 11.6 Å². The highest BCUT2D eigenvalue weighted by molar-refractivity contribution is 5.43. The predicted octanol–water partition coefficient (Wildman–Crippen LogP) is 6.66. The molecule has 33 heavy (non-hydrogen) atoms. The monoisotopic (exact) mass is 467 g/mol. The second-order valence-electron chi connectivity index (χ2n) is 6.63. The molecule has 2 N–H and O–H groups in total. The Morgan fingerprint density at radius 3 is 1.33 bits per heavy atom. The molecule has 0 atom stereocenters. The van der Waals surface area contributed by atoms with Crippen LogP contribution in [0.2, 0.25) is 0 Å². The molecule has 0 unspecified atom stereocenters. The molecule has 7 nitrogen and oxygen atoms in total. The molecule has 2 aromatic carbocycles. The van der Waals surface area contributed by atoms with E-state index in [4.69, 9.17) is 5.73 Å². The van der Waals surface area contributed by atoms with Gasteiger partial charge in [-0.3, -0.25) is 0 Å². The van der Waals surface area contributed by atoms with Crippen LogP contribution in [-0.4, -0.2) is 9.97 Å². The van der Waals surface area contributed by atoms with Crippen LogP contribution in [0, 0.1) is 0 Å². The number of alkyl halides is 6. The van der Waals surface area contributed by atoms with Crippen LogP contribution >= 0.6 is 0 Å². The van der Waals surface area contributed by atoms with Crippen molar-refractivity contribution in [2.45, 2.75) is 25.4 Å². The SMILES string of the molecule is Nc1nc(N=NCc2ccc(C(F)(F)F)cc2)cc(N=NCc2ccc(C(F)(F)F)cc2)n1. The lowest BCUT2D eigenvalue weighted by molar-refractivity contribution is -0.138. The Morgan fingerprint density at radius 1 is 0.636 bits per heavy atom. The third-order valence-corrected chi connectivity index (χ3v) is 4.13. The number of halogens is 6. The van der Waals surface area contributed by atoms with Crippen molar-refractivity contribution >= 4 is 17.6 Å². The maximum atomic E-state index is 12.6. The molecule has 3 rings (SSSR count). The van der Waals surface area contributed by atoms with Crippen LogP contribution in [0.5, 0.6) is 0 Å². The van der Waals surface area contributed by atoms with E-state index in [1.54, 1.807) is 0 Å². The van der Waals surface area contributed by atoms with E-state index in [0.29, 0.717) is 11.1 Å². The van der Waals surface area contributed by atoms with Crippen LogP contribution in [0.15, 0.2) is 75.1 Å². The zero-order valence-electron chi connectivity index (χ0n) is 16.6. The molecule has 0 aliphatic rings. The molecule has 0 aliphatic carbocycles. The highest BCUT2D eigenvalue weighted by Gasteiger charge is 2.30. The quantitative estimate of drug-likeness (QED) is 0.324. The first kappa shape index (κ1) is 23.8. The van der Waals surface area contributed by atoms with E-state index < -0.39 is 23.5 Å². The maximum Gasteiger partial charge on any atom is 0.416 e. The minimum Gasteiger partial charge on any atom is -0.368 e. The van der Waals surface area contributed by atoms with Gasteiger partial charge in [0.1, 0.15) is 0 Å². The molecule has 0 fully saturated rings. The van der Waals surface area contributed by atoms with Crippen molar-refractivity contribution in [2.24, 2.45) is 20.5 Å². The van der Waals surface area contributed by atoms with Gasteiger partial charge in [0, 0.05) is 6.07 Å². The number of hydrogen-bond acceptors (Lipinski definition) is 7. The molecule has 0 spiro atoms. The average Bonchev–Trinajstić information content (AvgIpc) is 2.73. The van der Waals surface area contributed by atoms with E-state index in [0.717, 1.165) is 24.3 Å². The number of hydrogen-bond donors (Lipinski definition) is 1. The molecule has 1 aromatic heterocycles. The molecule has 172 valence electrons. The lowest BCUT2D eigenvalue weighted by Crippen LogP contribution is -2.04. The minimum atomic E-state index is -4.42. The number of anilines is 1. The summed E-state index contributed by atoms with van der Waals surface area (Å²) in [4.78, 5) is 7.72. The average molecular weight is 467 g/mol. The summed E-state index contributed by atoms with van der Waals surface area (Å²) in [5.74, 6) is -0.0553. The zero-order chi connectivity index (χ0) is 24.1. The van der Waals surface area contributed by atoms with Gasteiger partial charge in [-0.2, -0.15) is 46.5 Å². The van der Waals surface area contributed by atoms with Gasteiger partial charge >= 0.3 is 12.4 Å². The fraction of sp³-hybridized carbons (Fsp3) is 0.200. The molecular weight excluding hydrogens is 452 g/mol. The Balaban J connectivity index is 1.62. The molecule has 0 radical (unpaired) electrons. The fourth-order valence-corrected chi connectivity index (χ4v) is 2.52. The first-order chi connectivity index (χ1) is 15.5. The number of rotatable bonds is 6. The predicted molar refractivity (Wildman–Crippen MR) is 106 cm³/mol. The number of nitrogens with two attached hydrogens (primary N) is 1. The second-order valence-corrected chi connectivity index (χ2v) is 6.63. The van der Waals surface area contributed by atoms with E-state index in [1.165, 1.54) is 30.3 Å². The first-order valence-corrected chi connectivity index (χ1v) is 9.22. The Morgan fingerprint density at radius 2 is 1.00 bits per heavy atom. The smallest absolute Gasteiger partial charge is 0.368 e. The lowest BCUT2D eigenvalue weighted by atomic mass is 10.1. The fourth-order valence-electron chi connectivity index (χ4n) is 2.52. The van der Waals surface area contributed by atoms with Gasteiger partial charge in [-0.15, -0.1) is 10.2 Å². The molecule has 0 aliphatic heterocycles. The van der Waals surface area contributed by atoms with Crippen molar-refractivity contribution < 1.29 is 26.3 Å². The molecule has 3 aromatic rings. The van der Waals surface area contributed by atoms with Gasteiger partial charge < -0.3 is 5.73 Å². The van der Waals surface area contributed by atoms with E-state index in [-0.39, 0.29) is 30.7 Å². The Bertz CT molecular complexity index is 1050.